The lowest BCUT2D eigenvalue weighted by atomic mass is 9.98. The van der Waals surface area contributed by atoms with Crippen LogP contribution in [0.4, 0.5) is 0 Å². The van der Waals surface area contributed by atoms with Crippen LogP contribution in [0.15, 0.2) is 5.38 Å². The van der Waals surface area contributed by atoms with Crippen LogP contribution < -0.4 is 5.32 Å². The Bertz CT molecular complexity index is 375. The number of rotatable bonds is 7. The monoisotopic (exact) mass is 258 g/mol. The Morgan fingerprint density at radius 1 is 1.53 bits per heavy atom. The Morgan fingerprint density at radius 3 is 2.65 bits per heavy atom. The third-order valence-electron chi connectivity index (χ3n) is 2.81. The lowest BCUT2D eigenvalue weighted by Crippen LogP contribution is -2.39. The van der Waals surface area contributed by atoms with E-state index in [-0.39, 0.29) is 5.01 Å². The normalized spacial score (nSPS) is 11.7. The molecule has 0 spiro atoms. The van der Waals surface area contributed by atoms with Crippen molar-refractivity contribution in [2.75, 3.05) is 6.54 Å². The average molecular weight is 258 g/mol. The number of carboxylic acids is 1. The lowest BCUT2D eigenvalue weighted by molar-refractivity contribution is 0.0322. The first kappa shape index (κ1) is 14.1. The van der Waals surface area contributed by atoms with Crippen molar-refractivity contribution in [2.45, 2.75) is 38.8 Å². The zero-order valence-electron chi connectivity index (χ0n) is 10.1. The number of hydrogen-bond acceptors (Lipinski definition) is 5. The van der Waals surface area contributed by atoms with E-state index >= 15 is 0 Å². The highest BCUT2D eigenvalue weighted by Crippen LogP contribution is 2.14. The number of nitrogens with one attached hydrogen (secondary N) is 1. The number of aliphatic hydroxyl groups is 1. The van der Waals surface area contributed by atoms with Gasteiger partial charge in [-0.2, -0.15) is 0 Å². The molecular weight excluding hydrogens is 240 g/mol. The van der Waals surface area contributed by atoms with Crippen LogP contribution in [0.5, 0.6) is 0 Å². The fourth-order valence-corrected chi connectivity index (χ4v) is 2.06. The largest absolute Gasteiger partial charge is 0.476 e. The van der Waals surface area contributed by atoms with Crippen LogP contribution in [-0.2, 0) is 6.54 Å². The third kappa shape index (κ3) is 4.07. The summed E-state index contributed by atoms with van der Waals surface area (Å²) in [6.07, 6.45) is 1.38. The minimum absolute atomic E-state index is 0.100. The molecule has 0 fully saturated rings. The van der Waals surface area contributed by atoms with Gasteiger partial charge < -0.3 is 15.5 Å². The minimum Gasteiger partial charge on any atom is -0.476 e. The molecule has 17 heavy (non-hydrogen) atoms. The van der Waals surface area contributed by atoms with Crippen molar-refractivity contribution in [3.05, 3.63) is 16.1 Å². The van der Waals surface area contributed by atoms with E-state index in [0.717, 1.165) is 11.3 Å². The molecule has 1 aromatic heterocycles. The molecule has 5 nitrogen and oxygen atoms in total. The van der Waals surface area contributed by atoms with Crippen molar-refractivity contribution in [1.82, 2.24) is 10.3 Å². The van der Waals surface area contributed by atoms with Gasteiger partial charge in [-0.1, -0.05) is 13.8 Å². The molecule has 1 rings (SSSR count). The topological polar surface area (TPSA) is 82.5 Å². The predicted octanol–water partition coefficient (Wildman–Crippen LogP) is 1.48. The van der Waals surface area contributed by atoms with Crippen molar-refractivity contribution >= 4 is 17.3 Å². The quantitative estimate of drug-likeness (QED) is 0.690. The highest BCUT2D eigenvalue weighted by atomic mass is 32.1. The lowest BCUT2D eigenvalue weighted by Gasteiger charge is -2.25. The number of carbonyl (C=O) groups is 1. The Balaban J connectivity index is 2.43. The van der Waals surface area contributed by atoms with E-state index < -0.39 is 11.6 Å². The molecule has 0 aromatic carbocycles. The molecule has 1 heterocycles. The van der Waals surface area contributed by atoms with Crippen molar-refractivity contribution in [3.63, 3.8) is 0 Å². The van der Waals surface area contributed by atoms with Crippen LogP contribution in [-0.4, -0.2) is 33.3 Å². The van der Waals surface area contributed by atoms with E-state index in [1.54, 1.807) is 5.38 Å². The maximum Gasteiger partial charge on any atom is 0.365 e. The number of carboxylic acid groups (broad SMARTS) is 1. The van der Waals surface area contributed by atoms with Crippen LogP contribution in [0.3, 0.4) is 0 Å². The SMILES string of the molecule is CCC(O)(CC)CNCc1csc(C(=O)O)n1. The summed E-state index contributed by atoms with van der Waals surface area (Å²) in [5.74, 6) is -1.00. The number of thiazole rings is 1. The highest BCUT2D eigenvalue weighted by molar-refractivity contribution is 7.11. The summed E-state index contributed by atoms with van der Waals surface area (Å²) in [6, 6.07) is 0. The molecule has 0 amide bonds. The second kappa shape index (κ2) is 6.09. The molecule has 0 saturated heterocycles. The number of hydrogen-bond donors (Lipinski definition) is 3. The Hall–Kier alpha value is -0.980. The van der Waals surface area contributed by atoms with Gasteiger partial charge in [-0.15, -0.1) is 11.3 Å². The van der Waals surface area contributed by atoms with Crippen molar-refractivity contribution in [3.8, 4) is 0 Å². The summed E-state index contributed by atoms with van der Waals surface area (Å²) in [4.78, 5) is 14.6. The fourth-order valence-electron chi connectivity index (χ4n) is 1.41. The highest BCUT2D eigenvalue weighted by Gasteiger charge is 2.21. The van der Waals surface area contributed by atoms with E-state index in [9.17, 15) is 9.90 Å². The summed E-state index contributed by atoms with van der Waals surface area (Å²) >= 11 is 1.11. The predicted molar refractivity (Wildman–Crippen MR) is 66.3 cm³/mol. The number of aromatic nitrogens is 1. The Morgan fingerprint density at radius 2 is 2.18 bits per heavy atom. The number of aromatic carboxylic acids is 1. The van der Waals surface area contributed by atoms with Crippen molar-refractivity contribution in [1.29, 1.82) is 0 Å². The molecular formula is C11H18N2O3S. The third-order valence-corrected chi connectivity index (χ3v) is 3.69. The van der Waals surface area contributed by atoms with Gasteiger partial charge in [0.2, 0.25) is 5.01 Å². The summed E-state index contributed by atoms with van der Waals surface area (Å²) in [5, 5.41) is 23.7. The van der Waals surface area contributed by atoms with Gasteiger partial charge in [0.1, 0.15) is 0 Å². The first-order valence-corrected chi connectivity index (χ1v) is 6.49. The van der Waals surface area contributed by atoms with Gasteiger partial charge in [-0.05, 0) is 12.8 Å². The first-order valence-electron chi connectivity index (χ1n) is 5.61. The van der Waals surface area contributed by atoms with Crippen LogP contribution in [0.25, 0.3) is 0 Å². The molecule has 0 unspecified atom stereocenters. The molecule has 0 aliphatic heterocycles. The van der Waals surface area contributed by atoms with E-state index in [1.165, 1.54) is 0 Å². The van der Waals surface area contributed by atoms with E-state index in [4.69, 9.17) is 5.11 Å². The first-order chi connectivity index (χ1) is 8.00. The summed E-state index contributed by atoms with van der Waals surface area (Å²) in [7, 11) is 0. The average Bonchev–Trinajstić information content (AvgIpc) is 2.78. The van der Waals surface area contributed by atoms with Crippen LogP contribution in [0.2, 0.25) is 0 Å². The molecule has 3 N–H and O–H groups in total. The summed E-state index contributed by atoms with van der Waals surface area (Å²) in [5.41, 5.74) is 0.00742. The second-order valence-electron chi connectivity index (χ2n) is 3.98. The van der Waals surface area contributed by atoms with Gasteiger partial charge in [-0.25, -0.2) is 9.78 Å². The van der Waals surface area contributed by atoms with Crippen molar-refractivity contribution < 1.29 is 15.0 Å². The maximum absolute atomic E-state index is 10.6. The molecule has 0 saturated carbocycles. The van der Waals surface area contributed by atoms with Gasteiger partial charge in [0, 0.05) is 18.5 Å². The van der Waals surface area contributed by atoms with Gasteiger partial charge in [-0.3, -0.25) is 0 Å². The van der Waals surface area contributed by atoms with E-state index in [2.05, 4.69) is 10.3 Å². The molecule has 0 atom stereocenters. The zero-order chi connectivity index (χ0) is 12.9. The van der Waals surface area contributed by atoms with Gasteiger partial charge in [0.05, 0.1) is 11.3 Å². The molecule has 0 aliphatic rings. The van der Waals surface area contributed by atoms with Gasteiger partial charge in [0.25, 0.3) is 0 Å². The summed E-state index contributed by atoms with van der Waals surface area (Å²) < 4.78 is 0. The maximum atomic E-state index is 10.6. The standard InChI is InChI=1S/C11H18N2O3S/c1-3-11(16,4-2)7-12-5-8-6-17-9(13-8)10(14)15/h6,12,16H,3-5,7H2,1-2H3,(H,14,15). The molecule has 0 aliphatic carbocycles. The molecule has 0 radical (unpaired) electrons. The molecule has 0 bridgehead atoms. The molecule has 6 heteroatoms. The van der Waals surface area contributed by atoms with Gasteiger partial charge in [0.15, 0.2) is 0 Å². The van der Waals surface area contributed by atoms with Crippen LogP contribution >= 0.6 is 11.3 Å². The molecule has 96 valence electrons. The Labute approximate surface area is 105 Å². The van der Waals surface area contributed by atoms with E-state index in [1.807, 2.05) is 13.8 Å². The Kier molecular flexibility index (Phi) is 5.04. The minimum atomic E-state index is -1.00. The van der Waals surface area contributed by atoms with Gasteiger partial charge >= 0.3 is 5.97 Å². The molecule has 1 aromatic rings. The fraction of sp³-hybridized carbons (Fsp3) is 0.636. The van der Waals surface area contributed by atoms with Crippen LogP contribution in [0, 0.1) is 0 Å². The summed E-state index contributed by atoms with van der Waals surface area (Å²) in [6.45, 7) is 4.85. The van der Waals surface area contributed by atoms with Crippen molar-refractivity contribution in [2.24, 2.45) is 0 Å². The number of nitrogens with zero attached hydrogens (tertiary/aromatic N) is 1. The van der Waals surface area contributed by atoms with E-state index in [0.29, 0.717) is 31.6 Å². The van der Waals surface area contributed by atoms with Crippen LogP contribution in [0.1, 0.15) is 42.2 Å². The smallest absolute Gasteiger partial charge is 0.365 e. The zero-order valence-corrected chi connectivity index (χ0v) is 10.9. The second-order valence-corrected chi connectivity index (χ2v) is 4.84.